The average molecular weight is 346 g/mol. The number of carbonyl (C=O) groups is 1. The lowest BCUT2D eigenvalue weighted by molar-refractivity contribution is 0.0482. The number of nitrogens with zero attached hydrogens (tertiary/aromatic N) is 2. The van der Waals surface area contributed by atoms with Crippen LogP contribution in [0.4, 0.5) is 0 Å². The molecule has 138 valence electrons. The lowest BCUT2D eigenvalue weighted by Gasteiger charge is -2.36. The van der Waals surface area contributed by atoms with Crippen LogP contribution < -0.4 is 4.74 Å². The summed E-state index contributed by atoms with van der Waals surface area (Å²) < 4.78 is 5.20. The standard InChI is InChI=1S/C20H30N2O3/c1-25-19-8-4-7-17(14-19)20(24)22-11-9-21(10-12-22)15-18(23)13-16-5-2-3-6-16/h4,7-8,14,16,18,23H,2-3,5-6,9-13,15H2,1H3/t18-/m0/s1. The van der Waals surface area contributed by atoms with E-state index in [1.165, 1.54) is 25.7 Å². The number of methoxy groups -OCH3 is 1. The summed E-state index contributed by atoms with van der Waals surface area (Å²) in [6, 6.07) is 7.32. The number of benzene rings is 1. The topological polar surface area (TPSA) is 53.0 Å². The monoisotopic (exact) mass is 346 g/mol. The Balaban J connectivity index is 1.45. The van der Waals surface area contributed by atoms with E-state index in [1.54, 1.807) is 13.2 Å². The molecule has 0 aromatic heterocycles. The van der Waals surface area contributed by atoms with E-state index in [0.717, 1.165) is 26.1 Å². The number of piperazine rings is 1. The fourth-order valence-corrected chi connectivity index (χ4v) is 4.08. The van der Waals surface area contributed by atoms with Gasteiger partial charge >= 0.3 is 0 Å². The van der Waals surface area contributed by atoms with E-state index in [1.807, 2.05) is 23.1 Å². The van der Waals surface area contributed by atoms with Crippen molar-refractivity contribution in [3.8, 4) is 5.75 Å². The predicted octanol–water partition coefficient (Wildman–Crippen LogP) is 2.39. The van der Waals surface area contributed by atoms with Gasteiger partial charge < -0.3 is 14.7 Å². The summed E-state index contributed by atoms with van der Waals surface area (Å²) in [5.74, 6) is 1.48. The van der Waals surface area contributed by atoms with Crippen LogP contribution in [0.3, 0.4) is 0 Å². The molecular weight excluding hydrogens is 316 g/mol. The molecule has 2 aliphatic rings. The van der Waals surface area contributed by atoms with Crippen LogP contribution in [0.1, 0.15) is 42.5 Å². The average Bonchev–Trinajstić information content (AvgIpc) is 3.14. The Kier molecular flexibility index (Phi) is 6.32. The Morgan fingerprint density at radius 3 is 2.64 bits per heavy atom. The normalized spacial score (nSPS) is 20.6. The van der Waals surface area contributed by atoms with Crippen LogP contribution in [0, 0.1) is 5.92 Å². The van der Waals surface area contributed by atoms with Gasteiger partial charge in [0.15, 0.2) is 0 Å². The molecule has 1 N–H and O–H groups in total. The minimum Gasteiger partial charge on any atom is -0.497 e. The highest BCUT2D eigenvalue weighted by Gasteiger charge is 2.25. The third-order valence-corrected chi connectivity index (χ3v) is 5.53. The lowest BCUT2D eigenvalue weighted by atomic mass is 9.99. The van der Waals surface area contributed by atoms with Gasteiger partial charge in [-0.05, 0) is 30.5 Å². The molecular formula is C20H30N2O3. The molecule has 1 aliphatic heterocycles. The van der Waals surface area contributed by atoms with E-state index >= 15 is 0 Å². The van der Waals surface area contributed by atoms with Gasteiger partial charge in [0, 0.05) is 38.3 Å². The molecule has 1 heterocycles. The first-order valence-corrected chi connectivity index (χ1v) is 9.49. The highest BCUT2D eigenvalue weighted by molar-refractivity contribution is 5.94. The van der Waals surface area contributed by atoms with Crippen molar-refractivity contribution >= 4 is 5.91 Å². The third kappa shape index (κ3) is 4.95. The van der Waals surface area contributed by atoms with Crippen LogP contribution in [0.2, 0.25) is 0 Å². The maximum absolute atomic E-state index is 12.6. The summed E-state index contributed by atoms with van der Waals surface area (Å²) in [5, 5.41) is 10.3. The molecule has 0 bridgehead atoms. The van der Waals surface area contributed by atoms with Gasteiger partial charge in [0.05, 0.1) is 13.2 Å². The number of rotatable bonds is 6. The van der Waals surface area contributed by atoms with Crippen LogP contribution in [-0.4, -0.2) is 66.8 Å². The van der Waals surface area contributed by atoms with Crippen molar-refractivity contribution in [3.63, 3.8) is 0 Å². The Bertz CT molecular complexity index is 564. The van der Waals surface area contributed by atoms with Crippen molar-refractivity contribution in [3.05, 3.63) is 29.8 Å². The van der Waals surface area contributed by atoms with Gasteiger partial charge in [-0.25, -0.2) is 0 Å². The van der Waals surface area contributed by atoms with Gasteiger partial charge in [0.2, 0.25) is 0 Å². The number of aliphatic hydroxyl groups excluding tert-OH is 1. The molecule has 2 fully saturated rings. The van der Waals surface area contributed by atoms with Crippen molar-refractivity contribution in [1.29, 1.82) is 0 Å². The van der Waals surface area contributed by atoms with E-state index < -0.39 is 0 Å². The second-order valence-electron chi connectivity index (χ2n) is 7.36. The van der Waals surface area contributed by atoms with Gasteiger partial charge in [-0.15, -0.1) is 0 Å². The Morgan fingerprint density at radius 2 is 1.96 bits per heavy atom. The molecule has 1 atom stereocenters. The summed E-state index contributed by atoms with van der Waals surface area (Å²) in [7, 11) is 1.61. The SMILES string of the molecule is COc1cccc(C(=O)N2CCN(C[C@@H](O)CC3CCCC3)CC2)c1. The molecule has 1 saturated carbocycles. The quantitative estimate of drug-likeness (QED) is 0.859. The first-order valence-electron chi connectivity index (χ1n) is 9.49. The molecule has 1 aromatic rings. The number of carbonyl (C=O) groups excluding carboxylic acids is 1. The van der Waals surface area contributed by atoms with E-state index in [0.29, 0.717) is 30.3 Å². The molecule has 3 rings (SSSR count). The van der Waals surface area contributed by atoms with Gasteiger partial charge in [0.25, 0.3) is 5.91 Å². The predicted molar refractivity (Wildman–Crippen MR) is 97.9 cm³/mol. The van der Waals surface area contributed by atoms with E-state index in [4.69, 9.17) is 4.74 Å². The molecule has 5 nitrogen and oxygen atoms in total. The summed E-state index contributed by atoms with van der Waals surface area (Å²) in [6.07, 6.45) is 5.90. The summed E-state index contributed by atoms with van der Waals surface area (Å²) in [6.45, 7) is 3.82. The minimum absolute atomic E-state index is 0.0602. The highest BCUT2D eigenvalue weighted by atomic mass is 16.5. The highest BCUT2D eigenvalue weighted by Crippen LogP contribution is 2.28. The van der Waals surface area contributed by atoms with Crippen molar-refractivity contribution in [2.45, 2.75) is 38.2 Å². The molecule has 5 heteroatoms. The molecule has 1 aliphatic carbocycles. The first-order chi connectivity index (χ1) is 12.2. The smallest absolute Gasteiger partial charge is 0.254 e. The fourth-order valence-electron chi connectivity index (χ4n) is 4.08. The zero-order chi connectivity index (χ0) is 17.6. The summed E-state index contributed by atoms with van der Waals surface area (Å²) in [5.41, 5.74) is 0.675. The number of hydrogen-bond acceptors (Lipinski definition) is 4. The summed E-state index contributed by atoms with van der Waals surface area (Å²) >= 11 is 0. The lowest BCUT2D eigenvalue weighted by Crippen LogP contribution is -2.50. The van der Waals surface area contributed by atoms with E-state index in [9.17, 15) is 9.90 Å². The van der Waals surface area contributed by atoms with Crippen molar-refractivity contribution < 1.29 is 14.6 Å². The molecule has 0 radical (unpaired) electrons. The van der Waals surface area contributed by atoms with Crippen LogP contribution in [0.5, 0.6) is 5.75 Å². The second kappa shape index (κ2) is 8.68. The number of amides is 1. The minimum atomic E-state index is -0.233. The van der Waals surface area contributed by atoms with Gasteiger partial charge in [0.1, 0.15) is 5.75 Å². The van der Waals surface area contributed by atoms with Crippen LogP contribution in [-0.2, 0) is 0 Å². The molecule has 1 saturated heterocycles. The maximum Gasteiger partial charge on any atom is 0.254 e. The van der Waals surface area contributed by atoms with Crippen molar-refractivity contribution in [2.24, 2.45) is 5.92 Å². The molecule has 25 heavy (non-hydrogen) atoms. The second-order valence-corrected chi connectivity index (χ2v) is 7.36. The van der Waals surface area contributed by atoms with Crippen LogP contribution in [0.15, 0.2) is 24.3 Å². The number of hydrogen-bond donors (Lipinski definition) is 1. The van der Waals surface area contributed by atoms with Crippen LogP contribution >= 0.6 is 0 Å². The van der Waals surface area contributed by atoms with Crippen molar-refractivity contribution in [2.75, 3.05) is 39.8 Å². The third-order valence-electron chi connectivity index (χ3n) is 5.53. The first kappa shape index (κ1) is 18.2. The van der Waals surface area contributed by atoms with Crippen molar-refractivity contribution in [1.82, 2.24) is 9.80 Å². The Hall–Kier alpha value is -1.59. The molecule has 1 aromatic carbocycles. The van der Waals surface area contributed by atoms with Crippen LogP contribution in [0.25, 0.3) is 0 Å². The fraction of sp³-hybridized carbons (Fsp3) is 0.650. The Morgan fingerprint density at radius 1 is 1.24 bits per heavy atom. The molecule has 0 spiro atoms. The van der Waals surface area contributed by atoms with E-state index in [2.05, 4.69) is 4.90 Å². The summed E-state index contributed by atoms with van der Waals surface area (Å²) in [4.78, 5) is 16.8. The number of ether oxygens (including phenoxy) is 1. The maximum atomic E-state index is 12.6. The van der Waals surface area contributed by atoms with Gasteiger partial charge in [-0.2, -0.15) is 0 Å². The van der Waals surface area contributed by atoms with E-state index in [-0.39, 0.29) is 12.0 Å². The number of β-amino-alcohol motifs (C(OH)–C–C–N with tert-alkyl or cyclic N) is 1. The zero-order valence-electron chi connectivity index (χ0n) is 15.2. The molecule has 1 amide bonds. The Labute approximate surface area is 150 Å². The van der Waals surface area contributed by atoms with Gasteiger partial charge in [-0.1, -0.05) is 31.7 Å². The largest absolute Gasteiger partial charge is 0.497 e. The zero-order valence-corrected chi connectivity index (χ0v) is 15.2. The number of aliphatic hydroxyl groups is 1. The van der Waals surface area contributed by atoms with Gasteiger partial charge in [-0.3, -0.25) is 9.69 Å². The molecule has 0 unspecified atom stereocenters.